The first kappa shape index (κ1) is 20.7. The second kappa shape index (κ2) is 7.76. The number of non-ortho nitro benzene ring substituents is 1. The average molecular weight is 479 g/mol. The molecule has 2 N–H and O–H groups in total. The summed E-state index contributed by atoms with van der Waals surface area (Å²) in [6.45, 7) is 0. The molecule has 5 aromatic rings. The number of fused-ring (bicyclic) bond motifs is 2. The quantitative estimate of drug-likeness (QED) is 0.229. The van der Waals surface area contributed by atoms with Crippen LogP contribution in [0.15, 0.2) is 80.2 Å². The van der Waals surface area contributed by atoms with E-state index in [-0.39, 0.29) is 31.8 Å². The molecule has 0 aliphatic rings. The third kappa shape index (κ3) is 3.50. The number of sulfone groups is 1. The smallest absolute Gasteiger partial charge is 0.270 e. The van der Waals surface area contributed by atoms with Gasteiger partial charge in [-0.25, -0.2) is 18.4 Å². The molecular weight excluding hydrogens is 464 g/mol. The molecule has 0 fully saturated rings. The zero-order chi connectivity index (χ0) is 23.2. The van der Waals surface area contributed by atoms with Gasteiger partial charge in [0.25, 0.3) is 5.69 Å². The van der Waals surface area contributed by atoms with E-state index in [1.165, 1.54) is 35.2 Å². The standard InChI is InChI=1S/C21H14N6O4S2/c22-20-19(33(30,31)17-9-4-10-32-17)18-21(25-16-8-2-1-7-15(16)24-18)26(20)23-12-13-5-3-6-14(11-13)27(28)29/h1-12H,22H2. The molecule has 0 aliphatic heterocycles. The van der Waals surface area contributed by atoms with Gasteiger partial charge in [-0.2, -0.15) is 9.78 Å². The molecule has 2 aromatic carbocycles. The maximum Gasteiger partial charge on any atom is 0.270 e. The molecule has 0 spiro atoms. The highest BCUT2D eigenvalue weighted by Crippen LogP contribution is 2.36. The second-order valence-electron chi connectivity index (χ2n) is 6.94. The SMILES string of the molecule is Nc1c(S(=O)(=O)c2cccs2)c2nc3ccccc3nc2n1N=Cc1cccc([N+](=O)[O-])c1. The lowest BCUT2D eigenvalue weighted by Crippen LogP contribution is -2.05. The lowest BCUT2D eigenvalue weighted by Gasteiger charge is -2.02. The summed E-state index contributed by atoms with van der Waals surface area (Å²) in [4.78, 5) is 19.4. The van der Waals surface area contributed by atoms with Gasteiger partial charge in [-0.1, -0.05) is 30.3 Å². The first-order valence-corrected chi connectivity index (χ1v) is 11.9. The summed E-state index contributed by atoms with van der Waals surface area (Å²) in [5.41, 5.74) is 7.92. The Kier molecular flexibility index (Phi) is 4.87. The Labute approximate surface area is 190 Å². The highest BCUT2D eigenvalue weighted by atomic mass is 32.2. The highest BCUT2D eigenvalue weighted by molar-refractivity contribution is 7.93. The molecule has 0 saturated heterocycles. The van der Waals surface area contributed by atoms with Gasteiger partial charge in [-0.15, -0.1) is 11.3 Å². The maximum absolute atomic E-state index is 13.4. The van der Waals surface area contributed by atoms with Gasteiger partial charge in [0.2, 0.25) is 9.84 Å². The molecule has 0 amide bonds. The van der Waals surface area contributed by atoms with Crippen LogP contribution in [0.2, 0.25) is 0 Å². The molecule has 0 aliphatic carbocycles. The monoisotopic (exact) mass is 478 g/mol. The molecule has 3 aromatic heterocycles. The molecule has 33 heavy (non-hydrogen) atoms. The molecule has 12 heteroatoms. The van der Waals surface area contributed by atoms with Gasteiger partial charge in [0.05, 0.1) is 22.2 Å². The molecule has 3 heterocycles. The number of nitrogens with two attached hydrogens (primary N) is 1. The summed E-state index contributed by atoms with van der Waals surface area (Å²) in [6, 6.07) is 16.0. The number of aromatic nitrogens is 3. The predicted octanol–water partition coefficient (Wildman–Crippen LogP) is 3.85. The van der Waals surface area contributed by atoms with Crippen LogP contribution in [0.1, 0.15) is 5.56 Å². The number of thiophene rings is 1. The molecule has 0 radical (unpaired) electrons. The van der Waals surface area contributed by atoms with Crippen LogP contribution in [0.5, 0.6) is 0 Å². The first-order valence-electron chi connectivity index (χ1n) is 9.50. The fraction of sp³-hybridized carbons (Fsp3) is 0. The number of hydrogen-bond donors (Lipinski definition) is 1. The van der Waals surface area contributed by atoms with Crippen LogP contribution in [0.4, 0.5) is 11.5 Å². The van der Waals surface area contributed by atoms with Crippen LogP contribution in [0, 0.1) is 10.1 Å². The van der Waals surface area contributed by atoms with E-state index in [4.69, 9.17) is 5.73 Å². The predicted molar refractivity (Wildman–Crippen MR) is 125 cm³/mol. The third-order valence-electron chi connectivity index (χ3n) is 4.86. The van der Waals surface area contributed by atoms with E-state index in [2.05, 4.69) is 15.1 Å². The Morgan fingerprint density at radius 2 is 1.82 bits per heavy atom. The summed E-state index contributed by atoms with van der Waals surface area (Å²) >= 11 is 1.07. The normalized spacial score (nSPS) is 12.1. The number of nitro benzene ring substituents is 1. The number of rotatable bonds is 5. The van der Waals surface area contributed by atoms with Crippen molar-refractivity contribution in [1.82, 2.24) is 14.6 Å². The van der Waals surface area contributed by atoms with Crippen molar-refractivity contribution in [3.8, 4) is 0 Å². The Bertz CT molecular complexity index is 1670. The van der Waals surface area contributed by atoms with Crippen molar-refractivity contribution < 1.29 is 13.3 Å². The molecular formula is C21H14N6O4S2. The van der Waals surface area contributed by atoms with Gasteiger partial charge in [0.15, 0.2) is 5.65 Å². The number of anilines is 1. The molecule has 0 bridgehead atoms. The Morgan fingerprint density at radius 3 is 2.52 bits per heavy atom. The fourth-order valence-electron chi connectivity index (χ4n) is 3.36. The maximum atomic E-state index is 13.4. The molecule has 10 nitrogen and oxygen atoms in total. The minimum absolute atomic E-state index is 0.0933. The van der Waals surface area contributed by atoms with E-state index < -0.39 is 14.8 Å². The minimum atomic E-state index is -3.99. The first-order chi connectivity index (χ1) is 15.9. The summed E-state index contributed by atoms with van der Waals surface area (Å²) in [7, 11) is -3.99. The topological polar surface area (TPSA) is 146 Å². The Hall–Kier alpha value is -4.16. The number of nitrogen functional groups attached to an aromatic ring is 1. The van der Waals surface area contributed by atoms with Gasteiger partial charge in [-0.3, -0.25) is 10.1 Å². The van der Waals surface area contributed by atoms with Crippen molar-refractivity contribution in [2.75, 3.05) is 5.73 Å². The van der Waals surface area contributed by atoms with E-state index in [1.807, 2.05) is 0 Å². The van der Waals surface area contributed by atoms with Crippen molar-refractivity contribution in [2.24, 2.45) is 5.10 Å². The lowest BCUT2D eigenvalue weighted by molar-refractivity contribution is -0.384. The van der Waals surface area contributed by atoms with Crippen LogP contribution in [0.3, 0.4) is 0 Å². The van der Waals surface area contributed by atoms with Crippen LogP contribution >= 0.6 is 11.3 Å². The van der Waals surface area contributed by atoms with Gasteiger partial charge >= 0.3 is 0 Å². The van der Waals surface area contributed by atoms with Crippen molar-refractivity contribution in [3.05, 3.63) is 81.7 Å². The zero-order valence-electron chi connectivity index (χ0n) is 16.7. The van der Waals surface area contributed by atoms with Gasteiger partial charge in [0, 0.05) is 17.7 Å². The van der Waals surface area contributed by atoms with Gasteiger partial charge < -0.3 is 5.73 Å². The van der Waals surface area contributed by atoms with E-state index in [0.29, 0.717) is 16.6 Å². The van der Waals surface area contributed by atoms with Gasteiger partial charge in [0.1, 0.15) is 20.4 Å². The zero-order valence-corrected chi connectivity index (χ0v) is 18.3. The summed E-state index contributed by atoms with van der Waals surface area (Å²) in [5.74, 6) is -0.157. The van der Waals surface area contributed by atoms with E-state index in [0.717, 1.165) is 11.3 Å². The Balaban J connectivity index is 1.77. The van der Waals surface area contributed by atoms with Crippen molar-refractivity contribution >= 4 is 61.1 Å². The number of hydrogen-bond acceptors (Lipinski definition) is 9. The van der Waals surface area contributed by atoms with Gasteiger partial charge in [-0.05, 0) is 23.6 Å². The minimum Gasteiger partial charge on any atom is -0.382 e. The van der Waals surface area contributed by atoms with Crippen LogP contribution in [0.25, 0.3) is 22.2 Å². The van der Waals surface area contributed by atoms with Crippen molar-refractivity contribution in [3.63, 3.8) is 0 Å². The summed E-state index contributed by atoms with van der Waals surface area (Å²) in [5, 5.41) is 17.0. The molecule has 5 rings (SSSR count). The highest BCUT2D eigenvalue weighted by Gasteiger charge is 2.31. The van der Waals surface area contributed by atoms with E-state index in [1.54, 1.807) is 41.8 Å². The van der Waals surface area contributed by atoms with Crippen LogP contribution in [-0.4, -0.2) is 34.2 Å². The molecule has 164 valence electrons. The Morgan fingerprint density at radius 1 is 1.06 bits per heavy atom. The second-order valence-corrected chi connectivity index (χ2v) is 10.0. The van der Waals surface area contributed by atoms with E-state index >= 15 is 0 Å². The van der Waals surface area contributed by atoms with Crippen LogP contribution in [-0.2, 0) is 9.84 Å². The van der Waals surface area contributed by atoms with Crippen molar-refractivity contribution in [2.45, 2.75) is 9.10 Å². The fourth-order valence-corrected chi connectivity index (χ4v) is 5.95. The third-order valence-corrected chi connectivity index (χ3v) is 8.07. The average Bonchev–Trinajstić information content (AvgIpc) is 3.43. The van der Waals surface area contributed by atoms with E-state index in [9.17, 15) is 18.5 Å². The van der Waals surface area contributed by atoms with Crippen LogP contribution < -0.4 is 5.73 Å². The number of benzene rings is 2. The molecule has 0 unspecified atom stereocenters. The number of para-hydroxylation sites is 2. The number of nitrogens with zero attached hydrogens (tertiary/aromatic N) is 5. The van der Waals surface area contributed by atoms with Crippen molar-refractivity contribution in [1.29, 1.82) is 0 Å². The summed E-state index contributed by atoms with van der Waals surface area (Å²) in [6.07, 6.45) is 1.35. The molecule has 0 saturated carbocycles. The largest absolute Gasteiger partial charge is 0.382 e. The lowest BCUT2D eigenvalue weighted by atomic mass is 10.2. The molecule has 0 atom stereocenters. The number of nitro groups is 1. The summed E-state index contributed by atoms with van der Waals surface area (Å²) < 4.78 is 28.1.